The fourth-order valence-corrected chi connectivity index (χ4v) is 4.04. The molecule has 2 atom stereocenters. The third-order valence-corrected chi connectivity index (χ3v) is 4.48. The van der Waals surface area contributed by atoms with E-state index in [1.54, 1.807) is 0 Å². The highest BCUT2D eigenvalue weighted by molar-refractivity contribution is 4.95. The van der Waals surface area contributed by atoms with Gasteiger partial charge in [0.05, 0.1) is 0 Å². The van der Waals surface area contributed by atoms with Crippen LogP contribution in [0.5, 0.6) is 0 Å². The van der Waals surface area contributed by atoms with Crippen LogP contribution >= 0.6 is 0 Å². The average molecular weight is 269 g/mol. The van der Waals surface area contributed by atoms with E-state index in [4.69, 9.17) is 17.2 Å². The van der Waals surface area contributed by atoms with Crippen LogP contribution in [0.4, 0.5) is 0 Å². The zero-order valence-corrected chi connectivity index (χ0v) is 13.3. The fourth-order valence-electron chi connectivity index (χ4n) is 4.04. The Morgan fingerprint density at radius 3 is 1.95 bits per heavy atom. The van der Waals surface area contributed by atoms with Gasteiger partial charge in [0, 0.05) is 11.6 Å². The molecule has 0 aromatic rings. The molecular weight excluding hydrogens is 234 g/mol. The summed E-state index contributed by atoms with van der Waals surface area (Å²) in [6.07, 6.45) is 10.2. The maximum Gasteiger partial charge on any atom is 0.0145 e. The molecule has 0 amide bonds. The Morgan fingerprint density at radius 2 is 1.58 bits per heavy atom. The standard InChI is InChI=1S/C9H20N2.C7H15N/c1-8(2)4-7(10)5-9(3,11)6-8;8-6-7-4-2-1-3-5-7/h7H,4-6,10-11H2,1-3H3;7H,1-6,8H2. The Balaban J connectivity index is 0.000000200. The number of hydrogen-bond acceptors (Lipinski definition) is 3. The number of hydrogen-bond donors (Lipinski definition) is 3. The minimum absolute atomic E-state index is 0.0405. The maximum absolute atomic E-state index is 6.06. The average Bonchev–Trinajstić information content (AvgIpc) is 2.26. The van der Waals surface area contributed by atoms with Crippen molar-refractivity contribution >= 4 is 0 Å². The van der Waals surface area contributed by atoms with Crippen LogP contribution in [0.2, 0.25) is 0 Å². The van der Waals surface area contributed by atoms with Crippen LogP contribution in [-0.4, -0.2) is 18.1 Å². The second-order valence-electron chi connectivity index (χ2n) is 7.90. The van der Waals surface area contributed by atoms with Crippen LogP contribution in [0.25, 0.3) is 0 Å². The van der Waals surface area contributed by atoms with Crippen molar-refractivity contribution in [1.82, 2.24) is 0 Å². The van der Waals surface area contributed by atoms with E-state index >= 15 is 0 Å². The van der Waals surface area contributed by atoms with Crippen LogP contribution in [0.1, 0.15) is 72.1 Å². The van der Waals surface area contributed by atoms with E-state index in [9.17, 15) is 0 Å². The van der Waals surface area contributed by atoms with Crippen molar-refractivity contribution in [3.63, 3.8) is 0 Å². The van der Waals surface area contributed by atoms with Gasteiger partial charge in [-0.1, -0.05) is 33.1 Å². The van der Waals surface area contributed by atoms with Crippen LogP contribution in [0.15, 0.2) is 0 Å². The molecule has 0 aliphatic heterocycles. The van der Waals surface area contributed by atoms with Gasteiger partial charge in [-0.2, -0.15) is 0 Å². The van der Waals surface area contributed by atoms with Gasteiger partial charge >= 0.3 is 0 Å². The molecule has 2 fully saturated rings. The van der Waals surface area contributed by atoms with Gasteiger partial charge in [-0.15, -0.1) is 0 Å². The quantitative estimate of drug-likeness (QED) is 0.685. The highest BCUT2D eigenvalue weighted by atomic mass is 14.8. The molecule has 2 rings (SSSR count). The van der Waals surface area contributed by atoms with Gasteiger partial charge in [0.1, 0.15) is 0 Å². The lowest BCUT2D eigenvalue weighted by Gasteiger charge is -2.43. The first-order valence-corrected chi connectivity index (χ1v) is 7.99. The Morgan fingerprint density at radius 1 is 1.00 bits per heavy atom. The molecule has 0 radical (unpaired) electrons. The van der Waals surface area contributed by atoms with Gasteiger partial charge in [-0.3, -0.25) is 0 Å². The third-order valence-electron chi connectivity index (χ3n) is 4.48. The van der Waals surface area contributed by atoms with Gasteiger partial charge in [0.15, 0.2) is 0 Å². The summed E-state index contributed by atoms with van der Waals surface area (Å²) in [5.74, 6) is 0.865. The molecule has 2 aliphatic rings. The molecule has 114 valence electrons. The highest BCUT2D eigenvalue weighted by Crippen LogP contribution is 2.38. The lowest BCUT2D eigenvalue weighted by molar-refractivity contribution is 0.145. The first-order chi connectivity index (χ1) is 8.74. The Bertz CT molecular complexity index is 239. The Hall–Kier alpha value is -0.120. The van der Waals surface area contributed by atoms with Gasteiger partial charge in [0.2, 0.25) is 0 Å². The number of rotatable bonds is 1. The van der Waals surface area contributed by atoms with Crippen molar-refractivity contribution in [2.45, 2.75) is 83.7 Å². The molecule has 0 saturated heterocycles. The zero-order valence-electron chi connectivity index (χ0n) is 13.3. The van der Waals surface area contributed by atoms with Gasteiger partial charge in [0.25, 0.3) is 0 Å². The van der Waals surface area contributed by atoms with Gasteiger partial charge in [-0.05, 0) is 56.9 Å². The molecule has 2 aliphatic carbocycles. The lowest BCUT2D eigenvalue weighted by Crippen LogP contribution is -2.51. The van der Waals surface area contributed by atoms with Crippen molar-refractivity contribution in [3.8, 4) is 0 Å². The van der Waals surface area contributed by atoms with E-state index in [1.807, 2.05) is 0 Å². The summed E-state index contributed by atoms with van der Waals surface area (Å²) in [4.78, 5) is 0. The molecule has 6 N–H and O–H groups in total. The Kier molecular flexibility index (Phi) is 6.28. The van der Waals surface area contributed by atoms with Crippen molar-refractivity contribution in [1.29, 1.82) is 0 Å². The first kappa shape index (κ1) is 16.9. The van der Waals surface area contributed by atoms with Crippen molar-refractivity contribution in [2.75, 3.05) is 6.54 Å². The smallest absolute Gasteiger partial charge is 0.0145 e. The van der Waals surface area contributed by atoms with E-state index < -0.39 is 0 Å². The second kappa shape index (κ2) is 7.05. The van der Waals surface area contributed by atoms with Gasteiger partial charge in [-0.25, -0.2) is 0 Å². The van der Waals surface area contributed by atoms with Crippen LogP contribution in [-0.2, 0) is 0 Å². The predicted octanol–water partition coefficient (Wildman–Crippen LogP) is 2.77. The Labute approximate surface area is 119 Å². The maximum atomic E-state index is 6.06. The molecule has 0 bridgehead atoms. The summed E-state index contributed by atoms with van der Waals surface area (Å²) in [5, 5.41) is 0. The molecule has 0 aromatic carbocycles. The van der Waals surface area contributed by atoms with E-state index in [2.05, 4.69) is 20.8 Å². The molecule has 3 heteroatoms. The molecule has 2 unspecified atom stereocenters. The summed E-state index contributed by atoms with van der Waals surface area (Å²) in [6, 6.07) is 0.300. The van der Waals surface area contributed by atoms with E-state index in [1.165, 1.54) is 32.1 Å². The van der Waals surface area contributed by atoms with Crippen molar-refractivity contribution < 1.29 is 0 Å². The minimum atomic E-state index is -0.0405. The number of nitrogens with two attached hydrogens (primary N) is 3. The van der Waals surface area contributed by atoms with Crippen LogP contribution < -0.4 is 17.2 Å². The van der Waals surface area contributed by atoms with Crippen molar-refractivity contribution in [3.05, 3.63) is 0 Å². The first-order valence-electron chi connectivity index (χ1n) is 7.99. The van der Waals surface area contributed by atoms with E-state index in [0.29, 0.717) is 11.5 Å². The van der Waals surface area contributed by atoms with E-state index in [-0.39, 0.29) is 5.54 Å². The van der Waals surface area contributed by atoms with Gasteiger partial charge < -0.3 is 17.2 Å². The SMILES string of the molecule is CC1(C)CC(N)CC(C)(N)C1.NCC1CCCCC1. The topological polar surface area (TPSA) is 78.1 Å². The lowest BCUT2D eigenvalue weighted by atomic mass is 9.67. The van der Waals surface area contributed by atoms with Crippen LogP contribution in [0, 0.1) is 11.3 Å². The molecule has 2 saturated carbocycles. The molecule has 0 spiro atoms. The summed E-state index contributed by atoms with van der Waals surface area (Å²) in [6.45, 7) is 7.52. The predicted molar refractivity (Wildman–Crippen MR) is 83.8 cm³/mol. The largest absolute Gasteiger partial charge is 0.330 e. The monoisotopic (exact) mass is 269 g/mol. The van der Waals surface area contributed by atoms with Crippen molar-refractivity contribution in [2.24, 2.45) is 28.5 Å². The molecule has 19 heavy (non-hydrogen) atoms. The molecule has 0 aromatic heterocycles. The second-order valence-corrected chi connectivity index (χ2v) is 7.90. The van der Waals surface area contributed by atoms with Crippen LogP contribution in [0.3, 0.4) is 0 Å². The summed E-state index contributed by atoms with van der Waals surface area (Å²) in [5.41, 5.74) is 17.8. The molecule has 3 nitrogen and oxygen atoms in total. The fraction of sp³-hybridized carbons (Fsp3) is 1.00. The minimum Gasteiger partial charge on any atom is -0.330 e. The normalized spacial score (nSPS) is 35.4. The summed E-state index contributed by atoms with van der Waals surface area (Å²) < 4.78 is 0. The summed E-state index contributed by atoms with van der Waals surface area (Å²) in [7, 11) is 0. The third kappa shape index (κ3) is 6.73. The summed E-state index contributed by atoms with van der Waals surface area (Å²) >= 11 is 0. The molecular formula is C16H35N3. The van der Waals surface area contributed by atoms with E-state index in [0.717, 1.165) is 31.7 Å². The molecule has 0 heterocycles. The zero-order chi connectivity index (χ0) is 14.5. The highest BCUT2D eigenvalue weighted by Gasteiger charge is 2.37.